The van der Waals surface area contributed by atoms with Crippen molar-refractivity contribution in [1.82, 2.24) is 0 Å². The molecular weight excluding hydrogens is 319 g/mol. The van der Waals surface area contributed by atoms with Crippen LogP contribution in [0.4, 0.5) is 13.2 Å². The molecule has 1 aliphatic rings. The van der Waals surface area contributed by atoms with E-state index in [9.17, 15) is 13.2 Å². The van der Waals surface area contributed by atoms with E-state index >= 15 is 0 Å². The molecule has 2 rings (SSSR count). The van der Waals surface area contributed by atoms with Gasteiger partial charge in [0, 0.05) is 6.92 Å². The Morgan fingerprint density at radius 2 is 1.92 bits per heavy atom. The molecule has 0 aromatic heterocycles. The Bertz CT molecular complexity index is 564. The van der Waals surface area contributed by atoms with Crippen molar-refractivity contribution in [3.05, 3.63) is 29.3 Å². The molecule has 3 nitrogen and oxygen atoms in total. The van der Waals surface area contributed by atoms with Gasteiger partial charge in [-0.1, -0.05) is 25.3 Å². The van der Waals surface area contributed by atoms with Crippen molar-refractivity contribution in [2.24, 2.45) is 4.99 Å². The standard InChI is InChI=1S/C18H24F3NO2/c1-3-23-13(2)22-12-24-15-9-10-16(14-7-5-4-6-8-14)17(11-15)18(19,20)21/h9-11,14H,3-8,12H2,1-2H3/b22-13-. The molecule has 1 aliphatic carbocycles. The second-order valence-corrected chi connectivity index (χ2v) is 5.97. The number of alkyl halides is 3. The molecule has 0 atom stereocenters. The van der Waals surface area contributed by atoms with Crippen LogP contribution < -0.4 is 4.74 Å². The lowest BCUT2D eigenvalue weighted by atomic mass is 9.82. The topological polar surface area (TPSA) is 30.8 Å². The molecule has 0 saturated heterocycles. The van der Waals surface area contributed by atoms with Crippen molar-refractivity contribution in [3.8, 4) is 5.75 Å². The third-order valence-electron chi connectivity index (χ3n) is 4.25. The highest BCUT2D eigenvalue weighted by Crippen LogP contribution is 2.42. The van der Waals surface area contributed by atoms with E-state index in [2.05, 4.69) is 4.99 Å². The summed E-state index contributed by atoms with van der Waals surface area (Å²) < 4.78 is 50.8. The maximum absolute atomic E-state index is 13.4. The number of hydrogen-bond acceptors (Lipinski definition) is 3. The zero-order chi connectivity index (χ0) is 17.6. The predicted octanol–water partition coefficient (Wildman–Crippen LogP) is 5.54. The van der Waals surface area contributed by atoms with Crippen molar-refractivity contribution in [2.45, 2.75) is 58.0 Å². The first-order chi connectivity index (χ1) is 11.4. The number of halogens is 3. The minimum absolute atomic E-state index is 0.0114. The van der Waals surface area contributed by atoms with Gasteiger partial charge in [0.25, 0.3) is 0 Å². The molecule has 1 aromatic rings. The van der Waals surface area contributed by atoms with Crippen molar-refractivity contribution < 1.29 is 22.6 Å². The van der Waals surface area contributed by atoms with Crippen LogP contribution in [0.3, 0.4) is 0 Å². The van der Waals surface area contributed by atoms with Crippen molar-refractivity contribution in [1.29, 1.82) is 0 Å². The van der Waals surface area contributed by atoms with E-state index in [0.29, 0.717) is 18.1 Å². The number of benzene rings is 1. The molecule has 0 spiro atoms. The molecule has 0 aliphatic heterocycles. The molecule has 134 valence electrons. The van der Waals surface area contributed by atoms with E-state index in [1.54, 1.807) is 19.1 Å². The molecule has 6 heteroatoms. The molecule has 0 heterocycles. The van der Waals surface area contributed by atoms with Crippen LogP contribution >= 0.6 is 0 Å². The molecule has 0 N–H and O–H groups in total. The lowest BCUT2D eigenvalue weighted by molar-refractivity contribution is -0.138. The highest BCUT2D eigenvalue weighted by Gasteiger charge is 2.36. The average molecular weight is 343 g/mol. The molecular formula is C18H24F3NO2. The molecule has 0 radical (unpaired) electrons. The Morgan fingerprint density at radius 3 is 2.54 bits per heavy atom. The van der Waals surface area contributed by atoms with Gasteiger partial charge in [-0.15, -0.1) is 0 Å². The minimum Gasteiger partial charge on any atom is -0.481 e. The quantitative estimate of drug-likeness (QED) is 0.519. The van der Waals surface area contributed by atoms with Gasteiger partial charge in [-0.3, -0.25) is 0 Å². The summed E-state index contributed by atoms with van der Waals surface area (Å²) in [6.45, 7) is 3.94. The zero-order valence-electron chi connectivity index (χ0n) is 14.2. The molecule has 1 fully saturated rings. The lowest BCUT2D eigenvalue weighted by Gasteiger charge is -2.25. The Hall–Kier alpha value is -1.72. The van der Waals surface area contributed by atoms with Gasteiger partial charge in [-0.05, 0) is 43.4 Å². The molecule has 1 aromatic carbocycles. The second-order valence-electron chi connectivity index (χ2n) is 5.97. The van der Waals surface area contributed by atoms with Gasteiger partial charge in [0.1, 0.15) is 5.75 Å². The van der Waals surface area contributed by atoms with Crippen LogP contribution in [-0.2, 0) is 10.9 Å². The van der Waals surface area contributed by atoms with Crippen LogP contribution in [0.2, 0.25) is 0 Å². The fraction of sp³-hybridized carbons (Fsp3) is 0.611. The third-order valence-corrected chi connectivity index (χ3v) is 4.25. The molecule has 0 bridgehead atoms. The summed E-state index contributed by atoms with van der Waals surface area (Å²) >= 11 is 0. The Kier molecular flexibility index (Phi) is 6.52. The van der Waals surface area contributed by atoms with E-state index in [0.717, 1.165) is 38.2 Å². The number of hydrogen-bond donors (Lipinski definition) is 0. The fourth-order valence-corrected chi connectivity index (χ4v) is 3.09. The van der Waals surface area contributed by atoms with Crippen LogP contribution in [0.25, 0.3) is 0 Å². The Morgan fingerprint density at radius 1 is 1.21 bits per heavy atom. The van der Waals surface area contributed by atoms with E-state index < -0.39 is 11.7 Å². The van der Waals surface area contributed by atoms with Gasteiger partial charge in [-0.25, -0.2) is 4.99 Å². The normalized spacial score (nSPS) is 17.0. The highest BCUT2D eigenvalue weighted by molar-refractivity contribution is 5.72. The summed E-state index contributed by atoms with van der Waals surface area (Å²) in [7, 11) is 0. The minimum atomic E-state index is -4.38. The number of aliphatic imine (C=N–C) groups is 1. The second kappa shape index (κ2) is 8.40. The smallest absolute Gasteiger partial charge is 0.416 e. The van der Waals surface area contributed by atoms with Crippen LogP contribution in [0.15, 0.2) is 23.2 Å². The monoisotopic (exact) mass is 343 g/mol. The van der Waals surface area contributed by atoms with Crippen LogP contribution in [0, 0.1) is 0 Å². The van der Waals surface area contributed by atoms with E-state index in [4.69, 9.17) is 9.47 Å². The fourth-order valence-electron chi connectivity index (χ4n) is 3.09. The van der Waals surface area contributed by atoms with Gasteiger partial charge in [0.05, 0.1) is 12.2 Å². The summed E-state index contributed by atoms with van der Waals surface area (Å²) in [5.41, 5.74) is -0.194. The highest BCUT2D eigenvalue weighted by atomic mass is 19.4. The van der Waals surface area contributed by atoms with E-state index in [1.165, 1.54) is 0 Å². The molecule has 0 amide bonds. The summed E-state index contributed by atoms with van der Waals surface area (Å²) in [6, 6.07) is 4.26. The van der Waals surface area contributed by atoms with E-state index in [-0.39, 0.29) is 18.4 Å². The predicted molar refractivity (Wildman–Crippen MR) is 87.5 cm³/mol. The maximum Gasteiger partial charge on any atom is 0.416 e. The summed E-state index contributed by atoms with van der Waals surface area (Å²) in [4.78, 5) is 4.00. The van der Waals surface area contributed by atoms with Gasteiger partial charge in [-0.2, -0.15) is 13.2 Å². The summed E-state index contributed by atoms with van der Waals surface area (Å²) in [5, 5.41) is 0. The SMILES string of the molecule is CCO/C(C)=N\COc1ccc(C2CCCCC2)c(C(F)(F)F)c1. The first-order valence-electron chi connectivity index (χ1n) is 8.39. The zero-order valence-corrected chi connectivity index (χ0v) is 14.2. The van der Waals surface area contributed by atoms with Crippen molar-refractivity contribution in [2.75, 3.05) is 13.3 Å². The summed E-state index contributed by atoms with van der Waals surface area (Å²) in [5.74, 6) is 0.616. The van der Waals surface area contributed by atoms with Crippen LogP contribution in [0.5, 0.6) is 5.75 Å². The molecule has 0 unspecified atom stereocenters. The van der Waals surface area contributed by atoms with Crippen LogP contribution in [-0.4, -0.2) is 19.2 Å². The van der Waals surface area contributed by atoms with Gasteiger partial charge >= 0.3 is 6.18 Å². The molecule has 1 saturated carbocycles. The summed E-state index contributed by atoms with van der Waals surface area (Å²) in [6.07, 6.45) is 0.354. The van der Waals surface area contributed by atoms with Crippen LogP contribution in [0.1, 0.15) is 63.0 Å². The largest absolute Gasteiger partial charge is 0.481 e. The molecule has 24 heavy (non-hydrogen) atoms. The van der Waals surface area contributed by atoms with Gasteiger partial charge in [0.2, 0.25) is 0 Å². The maximum atomic E-state index is 13.4. The van der Waals surface area contributed by atoms with Crippen molar-refractivity contribution >= 4 is 5.90 Å². The number of nitrogens with zero attached hydrogens (tertiary/aromatic N) is 1. The average Bonchev–Trinajstić information content (AvgIpc) is 2.55. The number of ether oxygens (including phenoxy) is 2. The lowest BCUT2D eigenvalue weighted by Crippen LogP contribution is -2.14. The van der Waals surface area contributed by atoms with Gasteiger partial charge in [0.15, 0.2) is 12.6 Å². The first kappa shape index (κ1) is 18.6. The number of rotatable bonds is 5. The first-order valence-corrected chi connectivity index (χ1v) is 8.39. The third kappa shape index (κ3) is 5.14. The Labute approximate surface area is 140 Å². The van der Waals surface area contributed by atoms with Crippen molar-refractivity contribution in [3.63, 3.8) is 0 Å². The van der Waals surface area contributed by atoms with Gasteiger partial charge < -0.3 is 9.47 Å². The Balaban J connectivity index is 2.15. The van der Waals surface area contributed by atoms with E-state index in [1.807, 2.05) is 6.92 Å².